The average molecular weight is 1960 g/mol. The second kappa shape index (κ2) is 38.6. The molecule has 0 fully saturated rings. The highest BCUT2D eigenvalue weighted by Crippen LogP contribution is 2.42. The second-order valence-electron chi connectivity index (χ2n) is 35.5. The van der Waals surface area contributed by atoms with Crippen LogP contribution in [0.1, 0.15) is 76.3 Å². The predicted molar refractivity (Wildman–Crippen MR) is 570 cm³/mol. The molecule has 15 heterocycles. The van der Waals surface area contributed by atoms with Gasteiger partial charge in [0.25, 0.3) is 0 Å². The van der Waals surface area contributed by atoms with Crippen LogP contribution in [0, 0.1) is 12.7 Å². The summed E-state index contributed by atoms with van der Waals surface area (Å²) in [5, 5.41) is 40.0. The molecule has 0 bridgehead atoms. The van der Waals surface area contributed by atoms with Gasteiger partial charge in [0, 0.05) is 97.7 Å². The minimum Gasteiger partial charge on any atom is -0.508 e. The fraction of sp³-hybridized carbons (Fsp3) is 0.151. The van der Waals surface area contributed by atoms with E-state index in [1.807, 2.05) is 195 Å². The lowest BCUT2D eigenvalue weighted by molar-refractivity contribution is -0.114. The summed E-state index contributed by atoms with van der Waals surface area (Å²) in [6, 6.07) is 70.4. The third kappa shape index (κ3) is 18.7. The number of rotatable bonds is 20. The van der Waals surface area contributed by atoms with Crippen LogP contribution in [0.4, 0.5) is 49.7 Å². The smallest absolute Gasteiger partial charge is 0.223 e. The first-order chi connectivity index (χ1) is 70.2. The first-order valence-electron chi connectivity index (χ1n) is 46.3. The van der Waals surface area contributed by atoms with Crippen LogP contribution < -0.4 is 54.1 Å². The number of thiazole rings is 2. The molecule has 720 valence electrons. The Morgan fingerprint density at radius 3 is 1.30 bits per heavy atom. The third-order valence-corrected chi connectivity index (χ3v) is 26.2. The summed E-state index contributed by atoms with van der Waals surface area (Å²) in [6.07, 6.45) is 5.63. The number of phenolic OH excluding ortho intramolecular Hbond substituents is 1. The van der Waals surface area contributed by atoms with Gasteiger partial charge in [-0.15, -0.1) is 0 Å². The van der Waals surface area contributed by atoms with Crippen LogP contribution in [0.15, 0.2) is 244 Å². The van der Waals surface area contributed by atoms with E-state index in [1.165, 1.54) is 67.0 Å². The molecule has 24 aromatic rings. The van der Waals surface area contributed by atoms with Crippen molar-refractivity contribution in [1.82, 2.24) is 119 Å². The van der Waals surface area contributed by atoms with Crippen molar-refractivity contribution in [2.75, 3.05) is 51.7 Å². The Balaban J connectivity index is 0.000000114. The zero-order chi connectivity index (χ0) is 100. The quantitative estimate of drug-likeness (QED) is 0.0342. The Morgan fingerprint density at radius 2 is 0.828 bits per heavy atom. The molecule has 0 aliphatic heterocycles. The Hall–Kier alpha value is -18.5. The van der Waals surface area contributed by atoms with Crippen molar-refractivity contribution in [3.05, 3.63) is 277 Å². The number of nitrogens with one attached hydrogen (secondary N) is 2. The largest absolute Gasteiger partial charge is 0.508 e. The van der Waals surface area contributed by atoms with Crippen molar-refractivity contribution in [2.45, 2.75) is 99.8 Å². The molecule has 36 nitrogen and oxygen atoms in total. The fourth-order valence-electron chi connectivity index (χ4n) is 17.6. The molecule has 0 saturated carbocycles. The Morgan fingerprint density at radius 1 is 0.421 bits per heavy atom. The highest BCUT2D eigenvalue weighted by atomic mass is 32.1. The van der Waals surface area contributed by atoms with Gasteiger partial charge in [-0.3, -0.25) is 4.79 Å². The summed E-state index contributed by atoms with van der Waals surface area (Å²) in [5.74, 6) is 2.68. The van der Waals surface area contributed by atoms with E-state index in [-0.39, 0.29) is 42.3 Å². The van der Waals surface area contributed by atoms with Crippen LogP contribution in [0.2, 0.25) is 0 Å². The van der Waals surface area contributed by atoms with Crippen LogP contribution in [-0.2, 0) is 31.0 Å². The zero-order valence-electron chi connectivity index (χ0n) is 79.7. The highest BCUT2D eigenvalue weighted by Gasteiger charge is 2.28. The number of hydrogen-bond acceptors (Lipinski definition) is 32. The third-order valence-electron chi connectivity index (χ3n) is 24.4. The Bertz CT molecular complexity index is 9170. The van der Waals surface area contributed by atoms with E-state index in [0.717, 1.165) is 154 Å². The molecular formula is C106H93FN32O4S2. The van der Waals surface area contributed by atoms with E-state index in [4.69, 9.17) is 79.1 Å². The maximum atomic E-state index is 14.0. The molecule has 0 radical (unpaired) electrons. The summed E-state index contributed by atoms with van der Waals surface area (Å²) in [5.41, 5.74) is 58.6. The molecule has 15 aromatic heterocycles. The normalized spacial score (nSPS) is 11.6. The van der Waals surface area contributed by atoms with Gasteiger partial charge in [-0.25, -0.2) is 97.9 Å². The lowest BCUT2D eigenvalue weighted by Crippen LogP contribution is -2.28. The van der Waals surface area contributed by atoms with Crippen molar-refractivity contribution in [1.29, 1.82) is 0 Å². The van der Waals surface area contributed by atoms with Crippen LogP contribution in [0.5, 0.6) is 17.5 Å². The minimum atomic E-state index is -0.588. The number of halogens is 1. The first-order valence-corrected chi connectivity index (χ1v) is 48.0. The van der Waals surface area contributed by atoms with Crippen molar-refractivity contribution in [3.63, 3.8) is 0 Å². The lowest BCUT2D eigenvalue weighted by Gasteiger charge is -2.25. The minimum absolute atomic E-state index is 0.0428. The number of nitrogen functional groups attached to an aromatic ring is 6. The van der Waals surface area contributed by atoms with Gasteiger partial charge in [-0.2, -0.15) is 20.4 Å². The first kappa shape index (κ1) is 92.8. The molecule has 39 heteroatoms. The van der Waals surface area contributed by atoms with Gasteiger partial charge in [0.15, 0.2) is 38.8 Å². The van der Waals surface area contributed by atoms with E-state index in [9.17, 15) is 14.3 Å². The number of carbonyl (C=O) groups is 1. The number of pyridine rings is 4. The summed E-state index contributed by atoms with van der Waals surface area (Å²) in [6.45, 7) is 17.3. The number of aromatic nitrogens is 24. The number of aryl methyl sites for hydroxylation is 1. The molecule has 0 aliphatic rings. The molecule has 15 N–H and O–H groups in total. The molecule has 24 rings (SSSR count). The van der Waals surface area contributed by atoms with Crippen molar-refractivity contribution < 1.29 is 23.8 Å². The molecule has 0 saturated heterocycles. The van der Waals surface area contributed by atoms with E-state index in [1.54, 1.807) is 9.36 Å². The van der Waals surface area contributed by atoms with Gasteiger partial charge in [-0.05, 0) is 151 Å². The van der Waals surface area contributed by atoms with Crippen molar-refractivity contribution >= 4 is 193 Å². The van der Waals surface area contributed by atoms with E-state index >= 15 is 0 Å². The number of aromatic amines is 1. The summed E-state index contributed by atoms with van der Waals surface area (Å²) >= 11 is 2.84. The maximum Gasteiger partial charge on any atom is 0.223 e. The number of amides is 1. The SMILES string of the molecule is CC(=O)Nc1nc2ccc(-c3nn(Cc4cc5ccccc5nc4OC(C)C)c4ncnc(N)c34)cc2s1.CC(C)N(C)c1nc2ccccc2cc1Cn1nc(-c2ccc3nc(N)sc3c2)c2c(N)ncnc21.CC(C)Oc1nc2ccccc2cc1Cn1nc(-c2cc(O)cc(F)c2)c2c(N)ncnc21.Cc1ccccc1-c1nc2ccccc2cc1Cn1nc(-c2ccc3nc(N)[nH]c3c2)c2c(N)ncnc21. The number of H-pyrrole nitrogens is 1. The van der Waals surface area contributed by atoms with Gasteiger partial charge in [0.2, 0.25) is 17.7 Å². The van der Waals surface area contributed by atoms with E-state index in [2.05, 4.69) is 145 Å². The number of benzene rings is 9. The van der Waals surface area contributed by atoms with Crippen LogP contribution in [-0.4, -0.2) is 155 Å². The Kier molecular flexibility index (Phi) is 24.7. The fourth-order valence-corrected chi connectivity index (χ4v) is 19.3. The standard InChI is InChI=1S/C29H23N9.C27H24N8O2S.C26H25N9S.C24H21FN6O2/c1-16-6-2-4-8-20(16)25-19(12-17-7-3-5-9-21(17)34-25)14-38-28-24(27(30)32-15-33-28)26(37-38)18-10-11-22-23(13-18)36-29(31)35-22;1-14(2)37-26-18(10-16-6-4-5-7-19(16)32-26)12-35-25-22(24(28)29-13-30-25)23(34-35)17-8-9-20-21(11-17)38-27(33-20)31-15(3)36;1-14(2)34(3)24-17(10-15-6-4-5-7-18(15)31-24)12-35-25-21(23(27)29-13-30-25)22(33-35)16-8-9-19-20(11-16)36-26(28)32-19;1-13(2)33-24-16(7-14-5-3-4-6-19(14)29-24)11-31-23-20(22(26)27-12-28-23)21(30-31)15-8-17(25)10-18(32)9-15/h2-13,15H,14H2,1H3,(H2,30,32,33)(H3,31,35,36);4-11,13-14H,12H2,1-3H3,(H2,28,29,30)(H,31,33,36);4-11,13-14H,12H2,1-3H3,(H2,28,32)(H2,27,29,30);3-10,12-13,32H,11H2,1-2H3,(H2,26,27,28). The molecular weight excluding hydrogens is 1870 g/mol. The number of nitrogens with zero attached hydrogens (tertiary/aromatic N) is 24. The number of hydrogen-bond donors (Lipinski definition) is 9. The number of nitrogens with two attached hydrogens (primary N) is 6. The topological polar surface area (TPSA) is 508 Å². The molecule has 1 amide bonds. The number of fused-ring (bicyclic) bond motifs is 11. The molecule has 0 spiro atoms. The van der Waals surface area contributed by atoms with E-state index < -0.39 is 5.82 Å². The Labute approximate surface area is 833 Å². The summed E-state index contributed by atoms with van der Waals surface area (Å²) in [7, 11) is 2.06. The van der Waals surface area contributed by atoms with Gasteiger partial charge in [0.1, 0.15) is 88.7 Å². The average Bonchev–Trinajstić information content (AvgIpc) is 1.59. The van der Waals surface area contributed by atoms with Gasteiger partial charge >= 0.3 is 0 Å². The number of phenols is 1. The van der Waals surface area contributed by atoms with Gasteiger partial charge in [-0.1, -0.05) is 138 Å². The van der Waals surface area contributed by atoms with Crippen LogP contribution >= 0.6 is 22.7 Å². The number of aromatic hydroxyl groups is 1. The zero-order valence-corrected chi connectivity index (χ0v) is 81.4. The number of para-hydroxylation sites is 4. The molecule has 0 aliphatic carbocycles. The van der Waals surface area contributed by atoms with Crippen LogP contribution in [0.25, 0.3) is 175 Å². The number of imidazole rings is 1. The number of ether oxygens (including phenoxy) is 2. The number of carbonyl (C=O) groups excluding carboxylic acids is 1. The molecule has 0 atom stereocenters. The van der Waals surface area contributed by atoms with Crippen molar-refractivity contribution in [3.8, 4) is 73.8 Å². The number of anilines is 8. The summed E-state index contributed by atoms with van der Waals surface area (Å²) in [4.78, 5) is 84.3. The second-order valence-corrected chi connectivity index (χ2v) is 37.6. The van der Waals surface area contributed by atoms with Gasteiger partial charge in [0.05, 0.1) is 119 Å². The molecule has 9 aromatic carbocycles. The lowest BCUT2D eigenvalue weighted by atomic mass is 9.99. The predicted octanol–water partition coefficient (Wildman–Crippen LogP) is 19.1. The van der Waals surface area contributed by atoms with Crippen LogP contribution in [0.3, 0.4) is 0 Å². The van der Waals surface area contributed by atoms with Crippen molar-refractivity contribution in [2.24, 2.45) is 0 Å². The molecule has 0 unspecified atom stereocenters. The van der Waals surface area contributed by atoms with E-state index in [0.29, 0.717) is 126 Å². The molecule has 145 heavy (non-hydrogen) atoms. The summed E-state index contributed by atoms with van der Waals surface area (Å²) < 4.78 is 35.2. The monoisotopic (exact) mass is 1960 g/mol. The maximum absolute atomic E-state index is 14.0. The van der Waals surface area contributed by atoms with Gasteiger partial charge < -0.3 is 64.2 Å². The highest BCUT2D eigenvalue weighted by molar-refractivity contribution is 7.22.